The predicted octanol–water partition coefficient (Wildman–Crippen LogP) is 2.31. The first-order valence-corrected chi connectivity index (χ1v) is 7.08. The van der Waals surface area contributed by atoms with Crippen molar-refractivity contribution >= 4 is 0 Å². The van der Waals surface area contributed by atoms with E-state index in [0.717, 1.165) is 12.8 Å². The molecule has 106 valence electrons. The summed E-state index contributed by atoms with van der Waals surface area (Å²) in [6.07, 6.45) is 8.44. The smallest absolute Gasteiger partial charge is 0.220 e. The molecule has 1 fully saturated rings. The van der Waals surface area contributed by atoms with Crippen LogP contribution in [-0.2, 0) is 0 Å². The first-order chi connectivity index (χ1) is 9.22. The van der Waals surface area contributed by atoms with Crippen molar-refractivity contribution in [2.45, 2.75) is 51.0 Å². The van der Waals surface area contributed by atoms with Crippen LogP contribution < -0.4 is 15.2 Å². The number of rotatable bonds is 5. The molecule has 19 heavy (non-hydrogen) atoms. The Bertz CT molecular complexity index is 390. The zero-order chi connectivity index (χ0) is 13.6. The molecule has 0 bridgehead atoms. The minimum absolute atomic E-state index is 0.215. The van der Waals surface area contributed by atoms with Crippen molar-refractivity contribution in [3.63, 3.8) is 0 Å². The van der Waals surface area contributed by atoms with Crippen LogP contribution >= 0.6 is 0 Å². The van der Waals surface area contributed by atoms with Crippen LogP contribution in [0.25, 0.3) is 0 Å². The van der Waals surface area contributed by atoms with Crippen molar-refractivity contribution in [2.24, 2.45) is 5.73 Å². The maximum atomic E-state index is 6.40. The summed E-state index contributed by atoms with van der Waals surface area (Å²) in [4.78, 5) is 8.10. The molecule has 1 aliphatic carbocycles. The number of hydrogen-bond donors (Lipinski definition) is 1. The molecule has 2 N–H and O–H groups in total. The Hall–Kier alpha value is -1.36. The third kappa shape index (κ3) is 4.35. The Morgan fingerprint density at radius 3 is 2.37 bits per heavy atom. The van der Waals surface area contributed by atoms with Crippen molar-refractivity contribution in [2.75, 3.05) is 13.2 Å². The lowest BCUT2D eigenvalue weighted by Gasteiger charge is -2.27. The Balaban J connectivity index is 1.91. The van der Waals surface area contributed by atoms with Gasteiger partial charge in [-0.15, -0.1) is 0 Å². The van der Waals surface area contributed by atoms with Gasteiger partial charge >= 0.3 is 0 Å². The molecule has 0 aliphatic heterocycles. The number of nitrogens with zero attached hydrogens (tertiary/aromatic N) is 2. The van der Waals surface area contributed by atoms with Crippen LogP contribution in [0.2, 0.25) is 0 Å². The van der Waals surface area contributed by atoms with E-state index in [0.29, 0.717) is 25.0 Å². The van der Waals surface area contributed by atoms with Gasteiger partial charge in [0.25, 0.3) is 0 Å². The second-order valence-corrected chi connectivity index (χ2v) is 5.19. The first kappa shape index (κ1) is 14.1. The highest BCUT2D eigenvalue weighted by Crippen LogP contribution is 2.26. The van der Waals surface area contributed by atoms with Gasteiger partial charge in [0.1, 0.15) is 12.9 Å². The molecular weight excluding hydrogens is 242 g/mol. The van der Waals surface area contributed by atoms with E-state index >= 15 is 0 Å². The van der Waals surface area contributed by atoms with Crippen molar-refractivity contribution < 1.29 is 9.47 Å². The number of nitrogens with two attached hydrogens (primary N) is 1. The molecule has 2 rings (SSSR count). The Kier molecular flexibility index (Phi) is 4.96. The van der Waals surface area contributed by atoms with Crippen LogP contribution in [0.1, 0.15) is 45.4 Å². The van der Waals surface area contributed by atoms with E-state index in [1.165, 1.54) is 32.0 Å². The van der Waals surface area contributed by atoms with Crippen molar-refractivity contribution in [1.29, 1.82) is 0 Å². The summed E-state index contributed by atoms with van der Waals surface area (Å²) in [5.74, 6) is 1.08. The van der Waals surface area contributed by atoms with E-state index in [1.807, 2.05) is 6.92 Å². The van der Waals surface area contributed by atoms with Crippen LogP contribution in [0, 0.1) is 0 Å². The fourth-order valence-electron chi connectivity index (χ4n) is 2.42. The molecule has 5 nitrogen and oxygen atoms in total. The zero-order valence-electron chi connectivity index (χ0n) is 11.6. The normalized spacial score (nSPS) is 18.6. The monoisotopic (exact) mass is 265 g/mol. The summed E-state index contributed by atoms with van der Waals surface area (Å²) in [6, 6.07) is 1.71. The maximum absolute atomic E-state index is 6.40. The lowest BCUT2D eigenvalue weighted by atomic mass is 9.93. The van der Waals surface area contributed by atoms with Crippen LogP contribution in [0.5, 0.6) is 11.8 Å². The fourth-order valence-corrected chi connectivity index (χ4v) is 2.42. The molecule has 1 heterocycles. The van der Waals surface area contributed by atoms with Crippen molar-refractivity contribution in [1.82, 2.24) is 9.97 Å². The average molecular weight is 265 g/mol. The molecule has 1 aromatic heterocycles. The van der Waals surface area contributed by atoms with Gasteiger partial charge in [-0.1, -0.05) is 25.7 Å². The topological polar surface area (TPSA) is 70.3 Å². The average Bonchev–Trinajstić information content (AvgIpc) is 2.63. The molecule has 0 saturated heterocycles. The highest BCUT2D eigenvalue weighted by Gasteiger charge is 2.27. The standard InChI is InChI=1S/C14H23N3O2/c1-2-18-12-9-13(17-11-16-12)19-10-14(15)7-5-3-4-6-8-14/h9,11H,2-8,10,15H2,1H3. The summed E-state index contributed by atoms with van der Waals surface area (Å²) in [6.45, 7) is 3.01. The van der Waals surface area contributed by atoms with Crippen LogP contribution in [0.3, 0.4) is 0 Å². The molecule has 1 saturated carbocycles. The van der Waals surface area contributed by atoms with E-state index in [2.05, 4.69) is 9.97 Å². The van der Waals surface area contributed by atoms with Gasteiger partial charge in [0.2, 0.25) is 11.8 Å². The maximum Gasteiger partial charge on any atom is 0.220 e. The summed E-state index contributed by atoms with van der Waals surface area (Å²) >= 11 is 0. The predicted molar refractivity (Wildman–Crippen MR) is 73.3 cm³/mol. The molecule has 0 unspecified atom stereocenters. The summed E-state index contributed by atoms with van der Waals surface area (Å²) in [5, 5.41) is 0. The van der Waals surface area contributed by atoms with E-state index in [4.69, 9.17) is 15.2 Å². The van der Waals surface area contributed by atoms with Crippen LogP contribution in [-0.4, -0.2) is 28.7 Å². The SMILES string of the molecule is CCOc1cc(OCC2(N)CCCCCC2)ncn1. The minimum Gasteiger partial charge on any atom is -0.478 e. The molecule has 0 spiro atoms. The summed E-state index contributed by atoms with van der Waals surface area (Å²) < 4.78 is 11.1. The van der Waals surface area contributed by atoms with Crippen molar-refractivity contribution in [3.8, 4) is 11.8 Å². The molecule has 0 radical (unpaired) electrons. The molecule has 0 atom stereocenters. The first-order valence-electron chi connectivity index (χ1n) is 7.08. The third-order valence-electron chi connectivity index (χ3n) is 3.52. The zero-order valence-corrected chi connectivity index (χ0v) is 11.6. The number of aromatic nitrogens is 2. The summed E-state index contributed by atoms with van der Waals surface area (Å²) in [5.41, 5.74) is 6.19. The van der Waals surface area contributed by atoms with Gasteiger partial charge in [-0.25, -0.2) is 9.97 Å². The van der Waals surface area contributed by atoms with Crippen LogP contribution in [0.4, 0.5) is 0 Å². The van der Waals surface area contributed by atoms with Gasteiger partial charge < -0.3 is 15.2 Å². The minimum atomic E-state index is -0.215. The molecule has 0 amide bonds. The van der Waals surface area contributed by atoms with Gasteiger partial charge in [0, 0.05) is 0 Å². The largest absolute Gasteiger partial charge is 0.478 e. The van der Waals surface area contributed by atoms with Gasteiger partial charge in [-0.2, -0.15) is 0 Å². The quantitative estimate of drug-likeness (QED) is 0.827. The molecule has 1 aromatic rings. The molecule has 0 aromatic carbocycles. The van der Waals surface area contributed by atoms with Gasteiger partial charge in [0.05, 0.1) is 18.2 Å². The lowest BCUT2D eigenvalue weighted by molar-refractivity contribution is 0.192. The summed E-state index contributed by atoms with van der Waals surface area (Å²) in [7, 11) is 0. The van der Waals surface area contributed by atoms with Crippen LogP contribution in [0.15, 0.2) is 12.4 Å². The molecule has 1 aliphatic rings. The highest BCUT2D eigenvalue weighted by atomic mass is 16.5. The number of hydrogen-bond acceptors (Lipinski definition) is 5. The second-order valence-electron chi connectivity index (χ2n) is 5.19. The van der Waals surface area contributed by atoms with Gasteiger partial charge in [0.15, 0.2) is 0 Å². The van der Waals surface area contributed by atoms with E-state index < -0.39 is 0 Å². The fraction of sp³-hybridized carbons (Fsp3) is 0.714. The van der Waals surface area contributed by atoms with Crippen molar-refractivity contribution in [3.05, 3.63) is 12.4 Å². The number of ether oxygens (including phenoxy) is 2. The van der Waals surface area contributed by atoms with Gasteiger partial charge in [-0.3, -0.25) is 0 Å². The second kappa shape index (κ2) is 6.70. The van der Waals surface area contributed by atoms with Gasteiger partial charge in [-0.05, 0) is 19.8 Å². The van der Waals surface area contributed by atoms with E-state index in [-0.39, 0.29) is 5.54 Å². The van der Waals surface area contributed by atoms with E-state index in [9.17, 15) is 0 Å². The molecule has 5 heteroatoms. The Morgan fingerprint density at radius 1 is 1.11 bits per heavy atom. The highest BCUT2D eigenvalue weighted by molar-refractivity contribution is 5.18. The Labute approximate surface area is 114 Å². The lowest BCUT2D eigenvalue weighted by Crippen LogP contribution is -2.45. The molecular formula is C14H23N3O2. The van der Waals surface area contributed by atoms with E-state index in [1.54, 1.807) is 6.07 Å². The third-order valence-corrected chi connectivity index (χ3v) is 3.52. The Morgan fingerprint density at radius 2 is 1.74 bits per heavy atom.